The molecule has 1 aromatic carbocycles. The van der Waals surface area contributed by atoms with E-state index in [0.29, 0.717) is 25.4 Å². The summed E-state index contributed by atoms with van der Waals surface area (Å²) in [6.07, 6.45) is 0. The highest BCUT2D eigenvalue weighted by atomic mass is 32.2. The summed E-state index contributed by atoms with van der Waals surface area (Å²) in [5.41, 5.74) is 0.901. The number of benzene rings is 1. The zero-order valence-electron chi connectivity index (χ0n) is 13.4. The van der Waals surface area contributed by atoms with Crippen LogP contribution in [-0.2, 0) is 14.8 Å². The van der Waals surface area contributed by atoms with Gasteiger partial charge in [0.25, 0.3) is 0 Å². The summed E-state index contributed by atoms with van der Waals surface area (Å²) in [7, 11) is -0.357. The second-order valence-electron chi connectivity index (χ2n) is 5.39. The van der Waals surface area contributed by atoms with Crippen molar-refractivity contribution >= 4 is 10.0 Å². The van der Waals surface area contributed by atoms with E-state index in [2.05, 4.69) is 4.90 Å². The van der Waals surface area contributed by atoms with Crippen molar-refractivity contribution in [2.24, 2.45) is 0 Å². The topological polar surface area (TPSA) is 59.1 Å². The Balaban J connectivity index is 2.14. The highest BCUT2D eigenvalue weighted by Gasteiger charge is 2.30. The van der Waals surface area contributed by atoms with Gasteiger partial charge in [-0.3, -0.25) is 4.90 Å². The van der Waals surface area contributed by atoms with Crippen LogP contribution >= 0.6 is 0 Å². The molecule has 7 heteroatoms. The van der Waals surface area contributed by atoms with Crippen molar-refractivity contribution in [3.63, 3.8) is 0 Å². The second-order valence-corrected chi connectivity index (χ2v) is 7.30. The van der Waals surface area contributed by atoms with Crippen molar-refractivity contribution in [1.29, 1.82) is 0 Å². The monoisotopic (exact) mass is 328 g/mol. The third kappa shape index (κ3) is 3.78. The third-order valence-electron chi connectivity index (χ3n) is 3.88. The first-order valence-corrected chi connectivity index (χ1v) is 8.79. The highest BCUT2D eigenvalue weighted by molar-refractivity contribution is 7.89. The molecule has 1 aliphatic heterocycles. The first kappa shape index (κ1) is 17.2. The fraction of sp³-hybridized carbons (Fsp3) is 0.600. The number of ether oxygens (including phenoxy) is 2. The number of methoxy groups -OCH3 is 2. The normalized spacial score (nSPS) is 17.6. The minimum absolute atomic E-state index is 0.250. The summed E-state index contributed by atoms with van der Waals surface area (Å²) in [5, 5.41) is 0. The van der Waals surface area contributed by atoms with Gasteiger partial charge in [-0.1, -0.05) is 6.07 Å². The summed E-state index contributed by atoms with van der Waals surface area (Å²) in [5.74, 6) is 0.396. The quantitative estimate of drug-likeness (QED) is 0.778. The molecule has 0 spiro atoms. The van der Waals surface area contributed by atoms with Gasteiger partial charge in [0.1, 0.15) is 10.6 Å². The molecule has 6 nitrogen and oxygen atoms in total. The van der Waals surface area contributed by atoms with Crippen LogP contribution in [0.4, 0.5) is 0 Å². The molecule has 1 saturated heterocycles. The molecule has 0 amide bonds. The molecule has 0 saturated carbocycles. The lowest BCUT2D eigenvalue weighted by molar-refractivity contribution is 0.123. The molecule has 1 fully saturated rings. The number of piperazine rings is 1. The van der Waals surface area contributed by atoms with Gasteiger partial charge in [0.15, 0.2) is 0 Å². The van der Waals surface area contributed by atoms with Crippen LogP contribution in [-0.4, -0.2) is 71.2 Å². The van der Waals surface area contributed by atoms with E-state index in [1.165, 1.54) is 11.4 Å². The molecule has 0 bridgehead atoms. The summed E-state index contributed by atoms with van der Waals surface area (Å²) >= 11 is 0. The molecule has 1 heterocycles. The number of hydrogen-bond acceptors (Lipinski definition) is 5. The Morgan fingerprint density at radius 2 is 1.82 bits per heavy atom. The Labute approximate surface area is 132 Å². The molecule has 2 rings (SSSR count). The van der Waals surface area contributed by atoms with E-state index in [0.717, 1.165) is 25.2 Å². The molecule has 22 heavy (non-hydrogen) atoms. The van der Waals surface area contributed by atoms with Gasteiger partial charge in [-0.2, -0.15) is 4.31 Å². The maximum atomic E-state index is 12.8. The van der Waals surface area contributed by atoms with Gasteiger partial charge < -0.3 is 9.47 Å². The molecule has 0 atom stereocenters. The number of hydrogen-bond donors (Lipinski definition) is 0. The van der Waals surface area contributed by atoms with Crippen molar-refractivity contribution in [1.82, 2.24) is 9.21 Å². The van der Waals surface area contributed by atoms with Crippen LogP contribution in [0.2, 0.25) is 0 Å². The van der Waals surface area contributed by atoms with Crippen LogP contribution in [0.15, 0.2) is 23.1 Å². The van der Waals surface area contributed by atoms with E-state index in [9.17, 15) is 8.42 Å². The third-order valence-corrected chi connectivity index (χ3v) is 5.80. The Bertz CT molecular complexity index is 596. The van der Waals surface area contributed by atoms with Crippen molar-refractivity contribution in [2.45, 2.75) is 11.8 Å². The minimum Gasteiger partial charge on any atom is -0.495 e. The summed E-state index contributed by atoms with van der Waals surface area (Å²) in [4.78, 5) is 2.46. The predicted molar refractivity (Wildman–Crippen MR) is 84.8 cm³/mol. The van der Waals surface area contributed by atoms with Crippen LogP contribution in [0.5, 0.6) is 5.75 Å². The van der Waals surface area contributed by atoms with Gasteiger partial charge >= 0.3 is 0 Å². The SMILES string of the molecule is COCCN1CCN(S(=O)(=O)c2cc(C)ccc2OC)CC1. The maximum Gasteiger partial charge on any atom is 0.246 e. The molecular weight excluding hydrogens is 304 g/mol. The first-order chi connectivity index (χ1) is 10.5. The molecule has 124 valence electrons. The molecule has 0 N–H and O–H groups in total. The van der Waals surface area contributed by atoms with E-state index < -0.39 is 10.0 Å². The Morgan fingerprint density at radius 1 is 1.14 bits per heavy atom. The van der Waals surface area contributed by atoms with Gasteiger partial charge in [-0.25, -0.2) is 8.42 Å². The van der Waals surface area contributed by atoms with Crippen molar-refractivity contribution in [3.05, 3.63) is 23.8 Å². The highest BCUT2D eigenvalue weighted by Crippen LogP contribution is 2.28. The van der Waals surface area contributed by atoms with Crippen molar-refractivity contribution < 1.29 is 17.9 Å². The second kappa shape index (κ2) is 7.41. The van der Waals surface area contributed by atoms with E-state index in [-0.39, 0.29) is 4.90 Å². The molecule has 0 aliphatic carbocycles. The fourth-order valence-corrected chi connectivity index (χ4v) is 4.20. The van der Waals surface area contributed by atoms with Crippen molar-refractivity contribution in [2.75, 3.05) is 53.6 Å². The van der Waals surface area contributed by atoms with Crippen LogP contribution in [0.25, 0.3) is 0 Å². The summed E-state index contributed by atoms with van der Waals surface area (Å²) in [6.45, 7) is 5.79. The predicted octanol–water partition coefficient (Wildman–Crippen LogP) is 0.956. The summed E-state index contributed by atoms with van der Waals surface area (Å²) in [6, 6.07) is 5.23. The number of nitrogens with zero attached hydrogens (tertiary/aromatic N) is 2. The van der Waals surface area contributed by atoms with Gasteiger partial charge in [0.05, 0.1) is 13.7 Å². The van der Waals surface area contributed by atoms with Crippen LogP contribution in [0.3, 0.4) is 0 Å². The van der Waals surface area contributed by atoms with E-state index in [4.69, 9.17) is 9.47 Å². The largest absolute Gasteiger partial charge is 0.495 e. The van der Waals surface area contributed by atoms with Crippen LogP contribution in [0, 0.1) is 6.92 Å². The lowest BCUT2D eigenvalue weighted by Gasteiger charge is -2.34. The maximum absolute atomic E-state index is 12.8. The first-order valence-electron chi connectivity index (χ1n) is 7.35. The average molecular weight is 328 g/mol. The standard InChI is InChI=1S/C15H24N2O4S/c1-13-4-5-14(21-3)15(12-13)22(18,19)17-8-6-16(7-9-17)10-11-20-2/h4-5,12H,6-11H2,1-3H3. The van der Waals surface area contributed by atoms with Crippen LogP contribution < -0.4 is 4.74 Å². The fourth-order valence-electron chi connectivity index (χ4n) is 2.54. The van der Waals surface area contributed by atoms with Crippen LogP contribution in [0.1, 0.15) is 5.56 Å². The molecule has 1 aromatic rings. The van der Waals surface area contributed by atoms with Gasteiger partial charge in [0, 0.05) is 39.8 Å². The van der Waals surface area contributed by atoms with Gasteiger partial charge in [0.2, 0.25) is 10.0 Å². The lowest BCUT2D eigenvalue weighted by Crippen LogP contribution is -2.49. The molecule has 0 radical (unpaired) electrons. The molecule has 1 aliphatic rings. The van der Waals surface area contributed by atoms with E-state index in [1.807, 2.05) is 13.0 Å². The van der Waals surface area contributed by atoms with Gasteiger partial charge in [-0.15, -0.1) is 0 Å². The molecule has 0 aromatic heterocycles. The number of aryl methyl sites for hydroxylation is 1. The number of sulfonamides is 1. The van der Waals surface area contributed by atoms with E-state index in [1.54, 1.807) is 19.2 Å². The minimum atomic E-state index is -3.52. The smallest absolute Gasteiger partial charge is 0.246 e. The lowest BCUT2D eigenvalue weighted by atomic mass is 10.2. The molecular formula is C15H24N2O4S. The summed E-state index contributed by atoms with van der Waals surface area (Å²) < 4.78 is 37.5. The zero-order chi connectivity index (χ0) is 16.2. The average Bonchev–Trinajstić information content (AvgIpc) is 2.53. The van der Waals surface area contributed by atoms with Crippen molar-refractivity contribution in [3.8, 4) is 5.75 Å². The molecule has 0 unspecified atom stereocenters. The number of rotatable bonds is 6. The van der Waals surface area contributed by atoms with Gasteiger partial charge in [-0.05, 0) is 24.6 Å². The Kier molecular flexibility index (Phi) is 5.80. The zero-order valence-corrected chi connectivity index (χ0v) is 14.2. The Morgan fingerprint density at radius 3 is 2.41 bits per heavy atom. The van der Waals surface area contributed by atoms with E-state index >= 15 is 0 Å². The Hall–Kier alpha value is -1.15.